The number of fused-ring (bicyclic) bond motifs is 2. The zero-order valence-corrected chi connectivity index (χ0v) is 17.0. The number of benzene rings is 2. The molecular formula is C23H31N5O. The van der Waals surface area contributed by atoms with E-state index in [0.29, 0.717) is 0 Å². The molecule has 0 saturated carbocycles. The lowest BCUT2D eigenvalue weighted by Gasteiger charge is -2.25. The fourth-order valence-electron chi connectivity index (χ4n) is 4.10. The van der Waals surface area contributed by atoms with Crippen molar-refractivity contribution in [1.29, 1.82) is 0 Å². The summed E-state index contributed by atoms with van der Waals surface area (Å²) in [5.74, 6) is 0. The van der Waals surface area contributed by atoms with E-state index in [4.69, 9.17) is 0 Å². The van der Waals surface area contributed by atoms with Gasteiger partial charge in [-0.05, 0) is 24.3 Å². The molecule has 0 amide bonds. The van der Waals surface area contributed by atoms with E-state index < -0.39 is 0 Å². The van der Waals surface area contributed by atoms with Gasteiger partial charge >= 0.3 is 0 Å². The van der Waals surface area contributed by atoms with Gasteiger partial charge in [0.25, 0.3) is 0 Å². The third kappa shape index (κ3) is 4.85. The van der Waals surface area contributed by atoms with E-state index in [1.807, 2.05) is 36.4 Å². The van der Waals surface area contributed by atoms with Crippen LogP contribution in [0.5, 0.6) is 0 Å². The number of pyridine rings is 1. The minimum absolute atomic E-state index is 0.126. The molecule has 29 heavy (non-hydrogen) atoms. The monoisotopic (exact) mass is 393 g/mol. The molecule has 0 unspecified atom stereocenters. The molecule has 0 aliphatic carbocycles. The van der Waals surface area contributed by atoms with Crippen molar-refractivity contribution in [2.24, 2.45) is 0 Å². The summed E-state index contributed by atoms with van der Waals surface area (Å²) in [6, 6.07) is 16.0. The molecule has 3 aromatic rings. The smallest absolute Gasteiger partial charge is 0.197 e. The highest BCUT2D eigenvalue weighted by molar-refractivity contribution is 5.93. The summed E-state index contributed by atoms with van der Waals surface area (Å²) in [5.41, 5.74) is 2.17. The Kier molecular flexibility index (Phi) is 6.90. The number of hydrogen-bond acceptors (Lipinski definition) is 5. The van der Waals surface area contributed by atoms with E-state index in [9.17, 15) is 4.79 Å². The van der Waals surface area contributed by atoms with Gasteiger partial charge in [-0.1, -0.05) is 24.3 Å². The summed E-state index contributed by atoms with van der Waals surface area (Å²) in [5, 5.41) is 12.1. The first kappa shape index (κ1) is 20.0. The number of nitrogens with zero attached hydrogens (tertiary/aromatic N) is 2. The highest BCUT2D eigenvalue weighted by atomic mass is 16.1. The molecule has 154 valence electrons. The second-order valence-corrected chi connectivity index (χ2v) is 7.61. The van der Waals surface area contributed by atoms with Gasteiger partial charge in [0.05, 0.1) is 11.0 Å². The Bertz CT molecular complexity index is 927. The van der Waals surface area contributed by atoms with Gasteiger partial charge < -0.3 is 20.5 Å². The summed E-state index contributed by atoms with van der Waals surface area (Å²) in [7, 11) is 0. The fourth-order valence-corrected chi connectivity index (χ4v) is 4.10. The number of hydrogen-bond donors (Lipinski definition) is 3. The molecule has 2 heterocycles. The maximum Gasteiger partial charge on any atom is 0.197 e. The van der Waals surface area contributed by atoms with Gasteiger partial charge in [-0.15, -0.1) is 0 Å². The summed E-state index contributed by atoms with van der Waals surface area (Å²) >= 11 is 0. The number of nitrogens with one attached hydrogen (secondary N) is 3. The van der Waals surface area contributed by atoms with E-state index in [0.717, 1.165) is 87.3 Å². The van der Waals surface area contributed by atoms with Crippen LogP contribution in [0.1, 0.15) is 0 Å². The van der Waals surface area contributed by atoms with Crippen LogP contribution in [0.3, 0.4) is 0 Å². The quantitative estimate of drug-likeness (QED) is 0.585. The van der Waals surface area contributed by atoms with Gasteiger partial charge in [0.1, 0.15) is 0 Å². The second kappa shape index (κ2) is 9.98. The highest BCUT2D eigenvalue weighted by Crippen LogP contribution is 2.19. The Hall–Kier alpha value is -2.25. The Morgan fingerprint density at radius 3 is 1.69 bits per heavy atom. The van der Waals surface area contributed by atoms with Crippen LogP contribution in [0.25, 0.3) is 21.8 Å². The van der Waals surface area contributed by atoms with Crippen LogP contribution in [0, 0.1) is 0 Å². The summed E-state index contributed by atoms with van der Waals surface area (Å²) < 4.78 is 2.31. The van der Waals surface area contributed by atoms with Crippen LogP contribution in [0.15, 0.2) is 53.3 Å². The molecule has 6 nitrogen and oxygen atoms in total. The molecule has 2 aromatic carbocycles. The van der Waals surface area contributed by atoms with E-state index >= 15 is 0 Å². The normalized spacial score (nSPS) is 17.8. The van der Waals surface area contributed by atoms with Crippen LogP contribution in [0.2, 0.25) is 0 Å². The van der Waals surface area contributed by atoms with Gasteiger partial charge in [0, 0.05) is 76.2 Å². The van der Waals surface area contributed by atoms with E-state index in [1.54, 1.807) is 0 Å². The molecule has 0 bridgehead atoms. The van der Waals surface area contributed by atoms with E-state index in [2.05, 4.69) is 37.6 Å². The van der Waals surface area contributed by atoms with Crippen LogP contribution in [-0.2, 0) is 6.54 Å². The van der Waals surface area contributed by atoms with Gasteiger partial charge in [-0.25, -0.2) is 0 Å². The standard InChI is InChI=1S/C23H31N5O/c29-23-19-5-1-3-7-21(19)28(22-8-4-2-6-20(22)23)18-17-27-15-13-25-11-9-24-10-12-26-14-16-27/h1-8,24-26H,9-18H2. The van der Waals surface area contributed by atoms with Crippen LogP contribution in [-0.4, -0.2) is 68.4 Å². The Balaban J connectivity index is 1.57. The van der Waals surface area contributed by atoms with Gasteiger partial charge in [0.2, 0.25) is 0 Å². The Morgan fingerprint density at radius 1 is 0.655 bits per heavy atom. The Morgan fingerprint density at radius 2 is 1.14 bits per heavy atom. The summed E-state index contributed by atoms with van der Waals surface area (Å²) in [6.45, 7) is 9.89. The average Bonchev–Trinajstić information content (AvgIpc) is 2.75. The molecule has 1 aliphatic rings. The minimum atomic E-state index is 0.126. The van der Waals surface area contributed by atoms with Crippen molar-refractivity contribution in [3.05, 3.63) is 58.8 Å². The van der Waals surface area contributed by atoms with Gasteiger partial charge in [0.15, 0.2) is 5.43 Å². The predicted octanol–water partition coefficient (Wildman–Crippen LogP) is 1.24. The lowest BCUT2D eigenvalue weighted by Crippen LogP contribution is -2.42. The fraction of sp³-hybridized carbons (Fsp3) is 0.435. The third-order valence-electron chi connectivity index (χ3n) is 5.69. The van der Waals surface area contributed by atoms with Gasteiger partial charge in [-0.3, -0.25) is 9.69 Å². The molecule has 1 saturated heterocycles. The van der Waals surface area contributed by atoms with Crippen molar-refractivity contribution in [3.63, 3.8) is 0 Å². The summed E-state index contributed by atoms with van der Waals surface area (Å²) in [6.07, 6.45) is 0. The Labute approximate surface area is 171 Å². The maximum absolute atomic E-state index is 12.9. The third-order valence-corrected chi connectivity index (χ3v) is 5.69. The number of rotatable bonds is 3. The first-order valence-corrected chi connectivity index (χ1v) is 10.7. The number of para-hydroxylation sites is 2. The lowest BCUT2D eigenvalue weighted by molar-refractivity contribution is 0.262. The zero-order chi connectivity index (χ0) is 19.9. The van der Waals surface area contributed by atoms with Gasteiger partial charge in [-0.2, -0.15) is 0 Å². The molecule has 1 aliphatic heterocycles. The number of aromatic nitrogens is 1. The second-order valence-electron chi connectivity index (χ2n) is 7.61. The largest absolute Gasteiger partial charge is 0.339 e. The molecule has 4 rings (SSSR count). The molecule has 0 atom stereocenters. The lowest BCUT2D eigenvalue weighted by atomic mass is 10.1. The van der Waals surface area contributed by atoms with Crippen LogP contribution in [0.4, 0.5) is 0 Å². The molecule has 1 aromatic heterocycles. The molecule has 3 N–H and O–H groups in total. The topological polar surface area (TPSA) is 61.3 Å². The van der Waals surface area contributed by atoms with Crippen LogP contribution < -0.4 is 21.4 Å². The van der Waals surface area contributed by atoms with Crippen molar-refractivity contribution in [3.8, 4) is 0 Å². The highest BCUT2D eigenvalue weighted by Gasteiger charge is 2.12. The predicted molar refractivity (Wildman–Crippen MR) is 121 cm³/mol. The average molecular weight is 394 g/mol. The SMILES string of the molecule is O=c1c2ccccc2n(CCN2CCNCCNCCNCC2)c2ccccc12. The summed E-state index contributed by atoms with van der Waals surface area (Å²) in [4.78, 5) is 15.4. The molecular weight excluding hydrogens is 362 g/mol. The van der Waals surface area contributed by atoms with Crippen molar-refractivity contribution in [2.45, 2.75) is 6.54 Å². The zero-order valence-electron chi connectivity index (χ0n) is 17.0. The van der Waals surface area contributed by atoms with Crippen molar-refractivity contribution >= 4 is 21.8 Å². The minimum Gasteiger partial charge on any atom is -0.339 e. The molecule has 6 heteroatoms. The van der Waals surface area contributed by atoms with Crippen molar-refractivity contribution in [2.75, 3.05) is 58.9 Å². The molecule has 0 spiro atoms. The maximum atomic E-state index is 12.9. The van der Waals surface area contributed by atoms with E-state index in [1.165, 1.54) is 0 Å². The molecule has 0 radical (unpaired) electrons. The van der Waals surface area contributed by atoms with Crippen LogP contribution >= 0.6 is 0 Å². The first-order chi connectivity index (χ1) is 14.3. The molecule has 1 fully saturated rings. The first-order valence-electron chi connectivity index (χ1n) is 10.7. The van der Waals surface area contributed by atoms with Crippen molar-refractivity contribution in [1.82, 2.24) is 25.4 Å². The van der Waals surface area contributed by atoms with Crippen molar-refractivity contribution < 1.29 is 0 Å². The van der Waals surface area contributed by atoms with E-state index in [-0.39, 0.29) is 5.43 Å².